The number of aliphatic hydroxyl groups excluding tert-OH is 1. The molecule has 1 aliphatic heterocycles. The number of halogens is 1. The maximum Gasteiger partial charge on any atom is 0.132 e. The minimum absolute atomic E-state index is 0.185. The van der Waals surface area contributed by atoms with Crippen molar-refractivity contribution >= 4 is 16.6 Å². The lowest BCUT2D eigenvalue weighted by Crippen LogP contribution is -2.36. The van der Waals surface area contributed by atoms with Gasteiger partial charge in [0.2, 0.25) is 0 Å². The molecule has 0 aliphatic carbocycles. The van der Waals surface area contributed by atoms with Gasteiger partial charge >= 0.3 is 0 Å². The number of ether oxygens (including phenoxy) is 1. The van der Waals surface area contributed by atoms with Gasteiger partial charge in [-0.1, -0.05) is 6.07 Å². The summed E-state index contributed by atoms with van der Waals surface area (Å²) in [7, 11) is 0. The number of aliphatic hydroxyl groups is 1. The average Bonchev–Trinajstić information content (AvgIpc) is 3.35. The van der Waals surface area contributed by atoms with Gasteiger partial charge in [0.25, 0.3) is 0 Å². The highest BCUT2D eigenvalue weighted by Gasteiger charge is 2.19. The number of nitrogens with zero attached hydrogens (tertiary/aromatic N) is 5. The number of morpholine rings is 1. The first-order chi connectivity index (χ1) is 16.0. The zero-order valence-corrected chi connectivity index (χ0v) is 18.6. The number of hydrogen-bond acceptors (Lipinski definition) is 6. The third-order valence-corrected chi connectivity index (χ3v) is 6.02. The van der Waals surface area contributed by atoms with Crippen molar-refractivity contribution in [3.8, 4) is 11.3 Å². The van der Waals surface area contributed by atoms with E-state index in [4.69, 9.17) is 4.74 Å². The SMILES string of the molecule is CC(C)n1cc(C(O)c2ccc(F)c(-c3ncnc4cc(N5CCOCC5)ccc34)c2)cn1. The Morgan fingerprint density at radius 3 is 2.61 bits per heavy atom. The van der Waals surface area contributed by atoms with Gasteiger partial charge in [-0.25, -0.2) is 14.4 Å². The van der Waals surface area contributed by atoms with E-state index < -0.39 is 11.9 Å². The van der Waals surface area contributed by atoms with Gasteiger partial charge in [0.15, 0.2) is 0 Å². The Kier molecular flexibility index (Phi) is 5.78. The highest BCUT2D eigenvalue weighted by atomic mass is 19.1. The Balaban J connectivity index is 1.52. The third-order valence-electron chi connectivity index (χ3n) is 6.02. The van der Waals surface area contributed by atoms with Crippen molar-refractivity contribution in [2.75, 3.05) is 31.2 Å². The molecule has 1 aliphatic rings. The molecule has 2 aromatic heterocycles. The van der Waals surface area contributed by atoms with E-state index in [1.165, 1.54) is 12.4 Å². The molecule has 1 atom stereocenters. The standard InChI is InChI=1S/C25H26FN5O2/c1-16(2)31-14-18(13-29-31)25(32)17-3-6-22(26)21(11-17)24-20-5-4-19(12-23(20)27-15-28-24)30-7-9-33-10-8-30/h3-6,11-16,25,32H,7-10H2,1-2H3. The summed E-state index contributed by atoms with van der Waals surface area (Å²) in [6.07, 6.45) is 3.99. The molecular weight excluding hydrogens is 421 g/mol. The minimum atomic E-state index is -0.919. The number of rotatable bonds is 5. The molecule has 0 radical (unpaired) electrons. The van der Waals surface area contributed by atoms with Gasteiger partial charge in [-0.2, -0.15) is 5.10 Å². The second-order valence-electron chi connectivity index (χ2n) is 8.51. The summed E-state index contributed by atoms with van der Waals surface area (Å²) in [5.41, 5.74) is 3.86. The summed E-state index contributed by atoms with van der Waals surface area (Å²) in [5, 5.41) is 16.0. The van der Waals surface area contributed by atoms with Gasteiger partial charge in [0.05, 0.1) is 30.6 Å². The molecule has 1 saturated heterocycles. The molecule has 33 heavy (non-hydrogen) atoms. The van der Waals surface area contributed by atoms with Crippen LogP contribution in [0.3, 0.4) is 0 Å². The first kappa shape index (κ1) is 21.5. The molecule has 0 amide bonds. The van der Waals surface area contributed by atoms with E-state index in [9.17, 15) is 9.50 Å². The van der Waals surface area contributed by atoms with Gasteiger partial charge in [-0.3, -0.25) is 4.68 Å². The fraction of sp³-hybridized carbons (Fsp3) is 0.320. The van der Waals surface area contributed by atoms with Crippen molar-refractivity contribution in [2.24, 2.45) is 0 Å². The third kappa shape index (κ3) is 4.19. The van der Waals surface area contributed by atoms with E-state index in [1.807, 2.05) is 38.2 Å². The Labute approximate surface area is 191 Å². The Bertz CT molecular complexity index is 1280. The van der Waals surface area contributed by atoms with Crippen LogP contribution >= 0.6 is 0 Å². The summed E-state index contributed by atoms with van der Waals surface area (Å²) in [6.45, 7) is 7.08. The van der Waals surface area contributed by atoms with Crippen LogP contribution in [0.5, 0.6) is 0 Å². The normalized spacial score (nSPS) is 15.4. The van der Waals surface area contributed by atoms with Crippen LogP contribution in [0.25, 0.3) is 22.2 Å². The molecule has 0 bridgehead atoms. The molecule has 1 N–H and O–H groups in total. The summed E-state index contributed by atoms with van der Waals surface area (Å²) >= 11 is 0. The van der Waals surface area contributed by atoms with Gasteiger partial charge < -0.3 is 14.7 Å². The summed E-state index contributed by atoms with van der Waals surface area (Å²) in [4.78, 5) is 11.1. The van der Waals surface area contributed by atoms with E-state index in [0.717, 1.165) is 29.7 Å². The van der Waals surface area contributed by atoms with E-state index in [1.54, 1.807) is 23.0 Å². The Morgan fingerprint density at radius 2 is 1.85 bits per heavy atom. The van der Waals surface area contributed by atoms with Crippen molar-refractivity contribution in [3.05, 3.63) is 72.1 Å². The molecule has 0 spiro atoms. The highest BCUT2D eigenvalue weighted by molar-refractivity contribution is 5.94. The van der Waals surface area contributed by atoms with Crippen molar-refractivity contribution in [2.45, 2.75) is 26.0 Å². The predicted molar refractivity (Wildman–Crippen MR) is 125 cm³/mol. The Morgan fingerprint density at radius 1 is 1.03 bits per heavy atom. The maximum absolute atomic E-state index is 14.9. The average molecular weight is 448 g/mol. The molecule has 0 saturated carbocycles. The smallest absolute Gasteiger partial charge is 0.132 e. The Hall–Kier alpha value is -3.36. The lowest BCUT2D eigenvalue weighted by Gasteiger charge is -2.29. The van der Waals surface area contributed by atoms with Crippen LogP contribution in [0.1, 0.15) is 37.1 Å². The van der Waals surface area contributed by atoms with Crippen LogP contribution in [-0.4, -0.2) is 51.2 Å². The topological polar surface area (TPSA) is 76.3 Å². The first-order valence-corrected chi connectivity index (χ1v) is 11.1. The lowest BCUT2D eigenvalue weighted by atomic mass is 9.98. The zero-order valence-electron chi connectivity index (χ0n) is 18.6. The second-order valence-corrected chi connectivity index (χ2v) is 8.51. The van der Waals surface area contributed by atoms with Crippen molar-refractivity contribution < 1.29 is 14.2 Å². The molecule has 3 heterocycles. The van der Waals surface area contributed by atoms with Crippen LogP contribution in [0, 0.1) is 5.82 Å². The largest absolute Gasteiger partial charge is 0.384 e. The van der Waals surface area contributed by atoms with E-state index in [-0.39, 0.29) is 6.04 Å². The van der Waals surface area contributed by atoms with Crippen LogP contribution < -0.4 is 4.90 Å². The second kappa shape index (κ2) is 8.88. The fourth-order valence-electron chi connectivity index (χ4n) is 4.14. The quantitative estimate of drug-likeness (QED) is 0.496. The van der Waals surface area contributed by atoms with E-state index >= 15 is 0 Å². The van der Waals surface area contributed by atoms with E-state index in [2.05, 4.69) is 20.0 Å². The van der Waals surface area contributed by atoms with Crippen LogP contribution in [0.15, 0.2) is 55.1 Å². The van der Waals surface area contributed by atoms with E-state index in [0.29, 0.717) is 35.6 Å². The van der Waals surface area contributed by atoms with Gasteiger partial charge in [-0.05, 0) is 49.7 Å². The van der Waals surface area contributed by atoms with Crippen LogP contribution in [-0.2, 0) is 4.74 Å². The van der Waals surface area contributed by atoms with Crippen molar-refractivity contribution in [3.63, 3.8) is 0 Å². The van der Waals surface area contributed by atoms with Gasteiger partial charge in [-0.15, -0.1) is 0 Å². The highest BCUT2D eigenvalue weighted by Crippen LogP contribution is 2.33. The summed E-state index contributed by atoms with van der Waals surface area (Å²) in [5.74, 6) is -0.402. The van der Waals surface area contributed by atoms with Crippen molar-refractivity contribution in [1.29, 1.82) is 0 Å². The van der Waals surface area contributed by atoms with Crippen molar-refractivity contribution in [1.82, 2.24) is 19.7 Å². The minimum Gasteiger partial charge on any atom is -0.384 e. The molecule has 8 heteroatoms. The van der Waals surface area contributed by atoms with Crippen LogP contribution in [0.4, 0.5) is 10.1 Å². The van der Waals surface area contributed by atoms with Gasteiger partial charge in [0.1, 0.15) is 18.2 Å². The molecule has 170 valence electrons. The lowest BCUT2D eigenvalue weighted by molar-refractivity contribution is 0.122. The number of anilines is 1. The molecule has 1 fully saturated rings. The van der Waals surface area contributed by atoms with Gasteiger partial charge in [0, 0.05) is 47.5 Å². The summed E-state index contributed by atoms with van der Waals surface area (Å²) in [6, 6.07) is 10.8. The predicted octanol–water partition coefficient (Wildman–Crippen LogP) is 4.13. The number of benzene rings is 2. The molecular formula is C25H26FN5O2. The fourth-order valence-corrected chi connectivity index (χ4v) is 4.14. The maximum atomic E-state index is 14.9. The monoisotopic (exact) mass is 447 g/mol. The zero-order chi connectivity index (χ0) is 22.9. The molecule has 5 rings (SSSR count). The van der Waals surface area contributed by atoms with Crippen LogP contribution in [0.2, 0.25) is 0 Å². The first-order valence-electron chi connectivity index (χ1n) is 11.1. The number of fused-ring (bicyclic) bond motifs is 1. The number of hydrogen-bond donors (Lipinski definition) is 1. The molecule has 2 aromatic carbocycles. The molecule has 1 unspecified atom stereocenters. The number of aromatic nitrogens is 4. The summed E-state index contributed by atoms with van der Waals surface area (Å²) < 4.78 is 22.2. The molecule has 7 nitrogen and oxygen atoms in total. The molecule has 4 aromatic rings.